The molecule has 182 valence electrons. The summed E-state index contributed by atoms with van der Waals surface area (Å²) < 4.78 is 27.3. The SMILES string of the molecule is COc1ccc(OCC(O)CN(Cc2cccn2Cc2ccccc2F)C2CCCCC2)cc1. The van der Waals surface area contributed by atoms with E-state index in [0.29, 0.717) is 37.0 Å². The predicted octanol–water partition coefficient (Wildman–Crippen LogP) is 5.26. The van der Waals surface area contributed by atoms with Gasteiger partial charge in [0.1, 0.15) is 30.0 Å². The molecule has 3 aromatic rings. The van der Waals surface area contributed by atoms with E-state index in [2.05, 4.69) is 15.5 Å². The summed E-state index contributed by atoms with van der Waals surface area (Å²) in [5.41, 5.74) is 1.80. The highest BCUT2D eigenvalue weighted by Gasteiger charge is 2.24. The van der Waals surface area contributed by atoms with Crippen LogP contribution in [-0.4, -0.2) is 47.0 Å². The number of nitrogens with zero attached hydrogens (tertiary/aromatic N) is 2. The van der Waals surface area contributed by atoms with Gasteiger partial charge in [0.15, 0.2) is 0 Å². The Morgan fingerprint density at radius 1 is 1.00 bits per heavy atom. The van der Waals surface area contributed by atoms with Gasteiger partial charge in [0.05, 0.1) is 13.7 Å². The third-order valence-electron chi connectivity index (χ3n) is 6.63. The maximum atomic E-state index is 14.2. The van der Waals surface area contributed by atoms with Crippen LogP contribution in [0.2, 0.25) is 0 Å². The molecular weight excluding hydrogens is 431 g/mol. The average molecular weight is 467 g/mol. The van der Waals surface area contributed by atoms with E-state index in [0.717, 1.165) is 24.3 Å². The van der Waals surface area contributed by atoms with Crippen molar-refractivity contribution in [2.45, 2.75) is 57.3 Å². The molecule has 1 aliphatic carbocycles. The summed E-state index contributed by atoms with van der Waals surface area (Å²) in [6.07, 6.45) is 7.38. The Kier molecular flexibility index (Phi) is 8.61. The molecule has 0 spiro atoms. The quantitative estimate of drug-likeness (QED) is 0.419. The number of rotatable bonds is 11. The fraction of sp³-hybridized carbons (Fsp3) is 0.429. The first kappa shape index (κ1) is 24.3. The van der Waals surface area contributed by atoms with Gasteiger partial charge in [0, 0.05) is 36.6 Å². The average Bonchev–Trinajstić information content (AvgIpc) is 3.31. The topological polar surface area (TPSA) is 46.9 Å². The largest absolute Gasteiger partial charge is 0.497 e. The van der Waals surface area contributed by atoms with Crippen molar-refractivity contribution in [3.63, 3.8) is 0 Å². The number of aromatic nitrogens is 1. The van der Waals surface area contributed by atoms with E-state index in [1.54, 1.807) is 13.2 Å². The van der Waals surface area contributed by atoms with Gasteiger partial charge in [-0.2, -0.15) is 0 Å². The van der Waals surface area contributed by atoms with Crippen LogP contribution in [0.5, 0.6) is 11.5 Å². The third kappa shape index (κ3) is 6.61. The summed E-state index contributed by atoms with van der Waals surface area (Å²) in [6, 6.07) is 18.9. The second-order valence-electron chi connectivity index (χ2n) is 9.08. The van der Waals surface area contributed by atoms with Crippen LogP contribution in [0.1, 0.15) is 43.4 Å². The minimum absolute atomic E-state index is 0.183. The van der Waals surface area contributed by atoms with Crippen molar-refractivity contribution >= 4 is 0 Å². The molecule has 1 saturated carbocycles. The molecule has 4 rings (SSSR count). The van der Waals surface area contributed by atoms with Crippen molar-refractivity contribution in [2.75, 3.05) is 20.3 Å². The molecule has 34 heavy (non-hydrogen) atoms. The Bertz CT molecular complexity index is 1010. The van der Waals surface area contributed by atoms with Gasteiger partial charge in [-0.1, -0.05) is 37.5 Å². The monoisotopic (exact) mass is 466 g/mol. The molecule has 2 aromatic carbocycles. The van der Waals surface area contributed by atoms with Gasteiger partial charge in [-0.25, -0.2) is 4.39 Å². The van der Waals surface area contributed by atoms with Gasteiger partial charge in [-0.15, -0.1) is 0 Å². The Morgan fingerprint density at radius 3 is 2.47 bits per heavy atom. The van der Waals surface area contributed by atoms with Crippen molar-refractivity contribution in [2.24, 2.45) is 0 Å². The number of aliphatic hydroxyl groups excluding tert-OH is 1. The second-order valence-corrected chi connectivity index (χ2v) is 9.08. The van der Waals surface area contributed by atoms with Gasteiger partial charge in [0.2, 0.25) is 0 Å². The first-order chi connectivity index (χ1) is 16.6. The Balaban J connectivity index is 1.41. The van der Waals surface area contributed by atoms with Crippen LogP contribution < -0.4 is 9.47 Å². The maximum Gasteiger partial charge on any atom is 0.128 e. The predicted molar refractivity (Wildman–Crippen MR) is 132 cm³/mol. The Labute approximate surface area is 201 Å². The molecule has 0 radical (unpaired) electrons. The minimum atomic E-state index is -0.612. The van der Waals surface area contributed by atoms with Crippen LogP contribution in [-0.2, 0) is 13.1 Å². The summed E-state index contributed by atoms with van der Waals surface area (Å²) in [5, 5.41) is 10.8. The van der Waals surface area contributed by atoms with Gasteiger partial charge >= 0.3 is 0 Å². The molecule has 1 atom stereocenters. The Morgan fingerprint density at radius 2 is 1.74 bits per heavy atom. The number of hydrogen-bond acceptors (Lipinski definition) is 4. The molecule has 1 heterocycles. The lowest BCUT2D eigenvalue weighted by molar-refractivity contribution is 0.0388. The van der Waals surface area contributed by atoms with E-state index >= 15 is 0 Å². The lowest BCUT2D eigenvalue weighted by atomic mass is 9.94. The van der Waals surface area contributed by atoms with Crippen LogP contribution in [0.4, 0.5) is 4.39 Å². The minimum Gasteiger partial charge on any atom is -0.497 e. The molecule has 1 fully saturated rings. The molecule has 0 aliphatic heterocycles. The lowest BCUT2D eigenvalue weighted by Crippen LogP contribution is -2.43. The Hall–Kier alpha value is -2.83. The number of halogens is 1. The zero-order valence-corrected chi connectivity index (χ0v) is 19.9. The standard InChI is InChI=1S/C28H35FN2O3/c1-33-26-13-15-27(16-14-26)34-21-25(32)20-31(23-9-3-2-4-10-23)19-24-11-7-17-30(24)18-22-8-5-6-12-28(22)29/h5-8,11-17,23,25,32H,2-4,9-10,18-21H2,1H3. The molecule has 1 aromatic heterocycles. The van der Waals surface area contributed by atoms with Crippen LogP contribution in [0.3, 0.4) is 0 Å². The molecule has 0 amide bonds. The van der Waals surface area contributed by atoms with E-state index in [1.807, 2.05) is 48.7 Å². The molecular formula is C28H35FN2O3. The first-order valence-corrected chi connectivity index (χ1v) is 12.2. The molecule has 1 unspecified atom stereocenters. The summed E-state index contributed by atoms with van der Waals surface area (Å²) in [7, 11) is 1.63. The van der Waals surface area contributed by atoms with Crippen LogP contribution in [0, 0.1) is 5.82 Å². The van der Waals surface area contributed by atoms with E-state index in [-0.39, 0.29) is 12.4 Å². The van der Waals surface area contributed by atoms with Gasteiger partial charge in [-0.05, 0) is 55.3 Å². The number of methoxy groups -OCH3 is 1. The van der Waals surface area contributed by atoms with Crippen molar-refractivity contribution < 1.29 is 19.0 Å². The van der Waals surface area contributed by atoms with E-state index < -0.39 is 6.10 Å². The van der Waals surface area contributed by atoms with Gasteiger partial charge in [-0.3, -0.25) is 4.90 Å². The van der Waals surface area contributed by atoms with Crippen LogP contribution in [0.15, 0.2) is 66.9 Å². The van der Waals surface area contributed by atoms with E-state index in [4.69, 9.17) is 9.47 Å². The van der Waals surface area contributed by atoms with Crippen molar-refractivity contribution in [3.8, 4) is 11.5 Å². The fourth-order valence-electron chi connectivity index (χ4n) is 4.74. The number of ether oxygens (including phenoxy) is 2. The van der Waals surface area contributed by atoms with Crippen molar-refractivity contribution in [1.82, 2.24) is 9.47 Å². The zero-order chi connectivity index (χ0) is 23.8. The van der Waals surface area contributed by atoms with E-state index in [1.165, 1.54) is 25.3 Å². The summed E-state index contributed by atoms with van der Waals surface area (Å²) >= 11 is 0. The normalized spacial score (nSPS) is 15.4. The summed E-state index contributed by atoms with van der Waals surface area (Å²) in [5.74, 6) is 1.30. The first-order valence-electron chi connectivity index (χ1n) is 12.2. The molecule has 1 N–H and O–H groups in total. The van der Waals surface area contributed by atoms with Crippen LogP contribution in [0.25, 0.3) is 0 Å². The molecule has 0 saturated heterocycles. The molecule has 5 nitrogen and oxygen atoms in total. The smallest absolute Gasteiger partial charge is 0.128 e. The van der Waals surface area contributed by atoms with Crippen LogP contribution >= 0.6 is 0 Å². The highest BCUT2D eigenvalue weighted by atomic mass is 19.1. The van der Waals surface area contributed by atoms with E-state index in [9.17, 15) is 9.50 Å². The number of aliphatic hydroxyl groups is 1. The second kappa shape index (κ2) is 12.0. The van der Waals surface area contributed by atoms with Crippen molar-refractivity contribution in [1.29, 1.82) is 0 Å². The fourth-order valence-corrected chi connectivity index (χ4v) is 4.74. The third-order valence-corrected chi connectivity index (χ3v) is 6.63. The molecule has 6 heteroatoms. The lowest BCUT2D eigenvalue weighted by Gasteiger charge is -2.35. The van der Waals surface area contributed by atoms with Gasteiger partial charge in [0.25, 0.3) is 0 Å². The zero-order valence-electron chi connectivity index (χ0n) is 19.9. The highest BCUT2D eigenvalue weighted by Crippen LogP contribution is 2.25. The van der Waals surface area contributed by atoms with Gasteiger partial charge < -0.3 is 19.1 Å². The van der Waals surface area contributed by atoms with Crippen molar-refractivity contribution in [3.05, 3.63) is 83.9 Å². The molecule has 0 bridgehead atoms. The summed E-state index contributed by atoms with van der Waals surface area (Å²) in [4.78, 5) is 2.38. The number of hydrogen-bond donors (Lipinski definition) is 1. The summed E-state index contributed by atoms with van der Waals surface area (Å²) in [6.45, 7) is 1.97. The molecule has 1 aliphatic rings. The number of benzene rings is 2. The highest BCUT2D eigenvalue weighted by molar-refractivity contribution is 5.31. The maximum absolute atomic E-state index is 14.2.